The smallest absolute Gasteiger partial charge is 0.310 e. The van der Waals surface area contributed by atoms with Crippen LogP contribution >= 0.6 is 22.0 Å². The van der Waals surface area contributed by atoms with Crippen molar-refractivity contribution in [3.05, 3.63) is 48.5 Å². The molecule has 35 heavy (non-hydrogen) atoms. The Morgan fingerprint density at radius 3 is 1.60 bits per heavy atom. The first-order chi connectivity index (χ1) is 15.8. The van der Waals surface area contributed by atoms with Crippen LogP contribution in [0.1, 0.15) is 21.3 Å². The van der Waals surface area contributed by atoms with E-state index in [4.69, 9.17) is 18.1 Å². The Labute approximate surface area is 211 Å². The van der Waals surface area contributed by atoms with Gasteiger partial charge < -0.3 is 18.9 Å². The molecule has 0 aliphatic carbocycles. The minimum atomic E-state index is -2.56. The summed E-state index contributed by atoms with van der Waals surface area (Å²) in [7, 11) is -2.69. The van der Waals surface area contributed by atoms with E-state index in [9.17, 15) is 4.79 Å². The molecule has 196 valence electrons. The number of hydrogen-bond acceptors (Lipinski definition) is 6. The van der Waals surface area contributed by atoms with Crippen molar-refractivity contribution in [2.45, 2.75) is 21.3 Å². The van der Waals surface area contributed by atoms with Crippen LogP contribution in [0.25, 0.3) is 0 Å². The van der Waals surface area contributed by atoms with Crippen LogP contribution in [-0.4, -0.2) is 53.3 Å². The molecule has 0 saturated carbocycles. The fourth-order valence-corrected chi connectivity index (χ4v) is 9.33. The topological polar surface area (TPSA) is 93.9 Å². The summed E-state index contributed by atoms with van der Waals surface area (Å²) in [6.07, 6.45) is 0. The molecule has 1 amide bonds. The molecular weight excluding hydrogens is 501 g/mol. The van der Waals surface area contributed by atoms with Crippen LogP contribution in [0.5, 0.6) is 17.2 Å². The van der Waals surface area contributed by atoms with Crippen molar-refractivity contribution in [3.8, 4) is 17.2 Å². The van der Waals surface area contributed by atoms with Gasteiger partial charge in [0.25, 0.3) is 0 Å². The predicted molar refractivity (Wildman–Crippen MR) is 154 cm³/mol. The number of anilines is 1. The molecule has 1 unspecified atom stereocenters. The SMILES string of the molecule is C.CN=P(C)(C)N=P(C)(C)Oc1ccc(OP(C)(=NC)Oc2ccc(NC(=O)C(C)C)cc2)cc1. The number of hydrogen-bond donors (Lipinski definition) is 1. The Bertz CT molecular complexity index is 1150. The average Bonchev–Trinajstić information content (AvgIpc) is 2.75. The molecule has 8 nitrogen and oxygen atoms in total. The first kappa shape index (κ1) is 31.0. The van der Waals surface area contributed by atoms with Crippen LogP contribution < -0.4 is 18.9 Å². The predicted octanol–water partition coefficient (Wildman–Crippen LogP) is 8.43. The second-order valence-corrected chi connectivity index (χ2v) is 17.8. The van der Waals surface area contributed by atoms with E-state index < -0.39 is 22.0 Å². The highest BCUT2D eigenvalue weighted by Crippen LogP contribution is 2.56. The normalized spacial score (nSPS) is 13.1. The Morgan fingerprint density at radius 2 is 1.20 bits per heavy atom. The monoisotopic (exact) mass is 542 g/mol. The van der Waals surface area contributed by atoms with Crippen molar-refractivity contribution in [2.24, 2.45) is 19.9 Å². The van der Waals surface area contributed by atoms with Crippen molar-refractivity contribution in [1.82, 2.24) is 0 Å². The molecule has 0 bridgehead atoms. The largest absolute Gasteiger partial charge is 0.460 e. The fraction of sp³-hybridized carbons (Fsp3) is 0.458. The second-order valence-electron chi connectivity index (χ2n) is 8.84. The molecule has 2 aromatic carbocycles. The summed E-state index contributed by atoms with van der Waals surface area (Å²) in [6.45, 7) is 13.8. The first-order valence-corrected chi connectivity index (χ1v) is 18.0. The maximum atomic E-state index is 11.9. The number of carbonyl (C=O) groups excluding carboxylic acids is 1. The van der Waals surface area contributed by atoms with E-state index >= 15 is 0 Å². The highest BCUT2D eigenvalue weighted by atomic mass is 31.2. The van der Waals surface area contributed by atoms with E-state index in [1.165, 1.54) is 0 Å². The summed E-state index contributed by atoms with van der Waals surface area (Å²) in [6, 6.07) is 14.6. The molecule has 2 rings (SSSR count). The van der Waals surface area contributed by atoms with Gasteiger partial charge in [0.15, 0.2) is 0 Å². The van der Waals surface area contributed by atoms with Crippen LogP contribution in [0.4, 0.5) is 5.69 Å². The lowest BCUT2D eigenvalue weighted by molar-refractivity contribution is -0.118. The van der Waals surface area contributed by atoms with Gasteiger partial charge in [0.05, 0.1) is 7.21 Å². The van der Waals surface area contributed by atoms with E-state index in [2.05, 4.69) is 28.1 Å². The maximum Gasteiger partial charge on any atom is 0.310 e. The molecular formula is C24H41N4O4P3. The second kappa shape index (κ2) is 12.8. The van der Waals surface area contributed by atoms with Crippen molar-refractivity contribution < 1.29 is 18.4 Å². The third kappa shape index (κ3) is 10.3. The molecule has 0 saturated heterocycles. The standard InChI is InChI=1S/C23H37N4O4P3.CH4/c1-18(2)23(28)26-19-10-12-21(13-11-19)30-34(9,25-4)31-22-16-14-20(15-17-22)29-33(7,8)27-32(5,6)24-3;/h10-18H,1-9H3,(H,26,28);1H4. The number of carbonyl (C=O) groups is 1. The molecule has 0 spiro atoms. The highest BCUT2D eigenvalue weighted by molar-refractivity contribution is 7.73. The molecule has 1 N–H and O–H groups in total. The van der Waals surface area contributed by atoms with Gasteiger partial charge in [-0.3, -0.25) is 9.54 Å². The van der Waals surface area contributed by atoms with E-state index in [-0.39, 0.29) is 19.3 Å². The van der Waals surface area contributed by atoms with Gasteiger partial charge in [0, 0.05) is 45.7 Å². The minimum absolute atomic E-state index is 0. The molecule has 0 aliphatic rings. The van der Waals surface area contributed by atoms with Crippen LogP contribution in [-0.2, 0) is 4.79 Å². The number of nitrogens with one attached hydrogen (secondary N) is 1. The lowest BCUT2D eigenvalue weighted by Crippen LogP contribution is -2.17. The molecule has 11 heteroatoms. The van der Waals surface area contributed by atoms with Crippen molar-refractivity contribution in [3.63, 3.8) is 0 Å². The fourth-order valence-electron chi connectivity index (χ4n) is 2.78. The van der Waals surface area contributed by atoms with Crippen LogP contribution in [0.2, 0.25) is 0 Å². The van der Waals surface area contributed by atoms with Gasteiger partial charge in [-0.15, -0.1) is 0 Å². The van der Waals surface area contributed by atoms with Crippen molar-refractivity contribution in [1.29, 1.82) is 0 Å². The van der Waals surface area contributed by atoms with E-state index in [0.717, 1.165) is 5.75 Å². The van der Waals surface area contributed by atoms with Crippen LogP contribution in [0, 0.1) is 5.92 Å². The molecule has 0 heterocycles. The van der Waals surface area contributed by atoms with E-state index in [1.807, 2.05) is 65.2 Å². The van der Waals surface area contributed by atoms with Crippen LogP contribution in [0.3, 0.4) is 0 Å². The molecule has 1 atom stereocenters. The average molecular weight is 543 g/mol. The van der Waals surface area contributed by atoms with Gasteiger partial charge in [0.2, 0.25) is 5.91 Å². The summed E-state index contributed by atoms with van der Waals surface area (Å²) < 4.78 is 32.1. The Morgan fingerprint density at radius 1 is 0.771 bits per heavy atom. The highest BCUT2D eigenvalue weighted by Gasteiger charge is 2.18. The zero-order valence-electron chi connectivity index (χ0n) is 21.5. The third-order valence-corrected chi connectivity index (χ3v) is 11.6. The maximum absolute atomic E-state index is 11.9. The van der Waals surface area contributed by atoms with Crippen molar-refractivity contribution in [2.75, 3.05) is 52.7 Å². The van der Waals surface area contributed by atoms with Gasteiger partial charge in [-0.2, -0.15) is 0 Å². The van der Waals surface area contributed by atoms with Gasteiger partial charge in [0.1, 0.15) is 24.5 Å². The van der Waals surface area contributed by atoms with E-state index in [0.29, 0.717) is 17.2 Å². The molecule has 0 aromatic heterocycles. The third-order valence-electron chi connectivity index (χ3n) is 4.64. The van der Waals surface area contributed by atoms with E-state index in [1.54, 1.807) is 31.3 Å². The lowest BCUT2D eigenvalue weighted by Gasteiger charge is -2.22. The number of nitrogens with zero attached hydrogens (tertiary/aromatic N) is 3. The number of rotatable bonds is 9. The van der Waals surface area contributed by atoms with Gasteiger partial charge in [-0.05, 0) is 61.9 Å². The summed E-state index contributed by atoms with van der Waals surface area (Å²) in [4.78, 5) is 11.9. The Balaban J connectivity index is 0.00000612. The zero-order chi connectivity index (χ0) is 25.6. The lowest BCUT2D eigenvalue weighted by atomic mass is 10.2. The number of amides is 1. The summed E-state index contributed by atoms with van der Waals surface area (Å²) in [5, 5.41) is 2.86. The molecule has 0 aliphatic heterocycles. The first-order valence-electron chi connectivity index (χ1n) is 10.9. The van der Waals surface area contributed by atoms with Gasteiger partial charge in [-0.25, -0.2) is 9.26 Å². The summed E-state index contributed by atoms with van der Waals surface area (Å²) >= 11 is 0. The van der Waals surface area contributed by atoms with Gasteiger partial charge >= 0.3 is 7.51 Å². The van der Waals surface area contributed by atoms with Gasteiger partial charge in [-0.1, -0.05) is 21.3 Å². The minimum Gasteiger partial charge on any atom is -0.460 e. The van der Waals surface area contributed by atoms with Crippen LogP contribution in [0.15, 0.2) is 62.5 Å². The number of benzene rings is 2. The molecule has 0 radical (unpaired) electrons. The molecule has 2 aromatic rings. The Kier molecular flexibility index (Phi) is 11.4. The Hall–Kier alpha value is -2.00. The summed E-state index contributed by atoms with van der Waals surface area (Å²) in [5.74, 6) is 1.87. The molecule has 0 fully saturated rings. The summed E-state index contributed by atoms with van der Waals surface area (Å²) in [5.41, 5.74) is 0.714. The zero-order valence-corrected chi connectivity index (χ0v) is 24.2. The van der Waals surface area contributed by atoms with Crippen molar-refractivity contribution >= 4 is 33.6 Å². The quantitative estimate of drug-likeness (QED) is 0.322.